The largest absolute Gasteiger partial charge is 0.478 e. The van der Waals surface area contributed by atoms with E-state index in [1.807, 2.05) is 0 Å². The summed E-state index contributed by atoms with van der Waals surface area (Å²) in [5, 5.41) is 9.25. The van der Waals surface area contributed by atoms with E-state index < -0.39 is 18.0 Å². The average molecular weight is 406 g/mol. The van der Waals surface area contributed by atoms with Crippen LogP contribution < -0.4 is 5.73 Å². The summed E-state index contributed by atoms with van der Waals surface area (Å²) in [7, 11) is 0. The number of ether oxygens (including phenoxy) is 1. The molecule has 0 saturated carbocycles. The summed E-state index contributed by atoms with van der Waals surface area (Å²) in [5.74, 6) is -1.60. The van der Waals surface area contributed by atoms with Crippen molar-refractivity contribution in [2.24, 2.45) is 5.73 Å². The zero-order valence-corrected chi connectivity index (χ0v) is 15.1. The molecule has 6 nitrogen and oxygen atoms in total. The van der Waals surface area contributed by atoms with Crippen LogP contribution in [0.4, 0.5) is 0 Å². The van der Waals surface area contributed by atoms with Gasteiger partial charge in [0.15, 0.2) is 0 Å². The SMILES string of the molecule is Cl.N[C@@H](Cc1ccc(C(=O)O)cc1)C(=O)OCc1cc(Cl)nc(Cl)c1. The molecule has 1 aromatic carbocycles. The first-order chi connectivity index (χ1) is 11.3. The standard InChI is InChI=1S/C16H14Cl2N2O4.ClH/c17-13-6-10(7-14(18)20-13)8-24-16(23)12(19)5-9-1-3-11(4-2-9)15(21)22;/h1-4,6-7,12H,5,8,19H2,(H,21,22);1H/t12-;/m0./s1. The van der Waals surface area contributed by atoms with Crippen molar-refractivity contribution in [1.29, 1.82) is 0 Å². The van der Waals surface area contributed by atoms with Crippen LogP contribution in [0.25, 0.3) is 0 Å². The molecule has 3 N–H and O–H groups in total. The van der Waals surface area contributed by atoms with Crippen LogP contribution in [0, 0.1) is 0 Å². The van der Waals surface area contributed by atoms with Gasteiger partial charge in [-0.25, -0.2) is 9.78 Å². The van der Waals surface area contributed by atoms with E-state index in [0.29, 0.717) is 5.56 Å². The van der Waals surface area contributed by atoms with Gasteiger partial charge in [0.05, 0.1) is 5.56 Å². The molecule has 1 heterocycles. The minimum absolute atomic E-state index is 0. The van der Waals surface area contributed by atoms with Crippen molar-refractivity contribution in [3.8, 4) is 0 Å². The smallest absolute Gasteiger partial charge is 0.335 e. The number of carboxylic acids is 1. The van der Waals surface area contributed by atoms with Crippen molar-refractivity contribution in [3.05, 3.63) is 63.4 Å². The number of hydrogen-bond donors (Lipinski definition) is 2. The first-order valence-corrected chi connectivity index (χ1v) is 7.67. The Labute approximate surface area is 160 Å². The van der Waals surface area contributed by atoms with Crippen LogP contribution >= 0.6 is 35.6 Å². The normalized spacial score (nSPS) is 11.3. The van der Waals surface area contributed by atoms with Gasteiger partial charge < -0.3 is 15.6 Å². The Morgan fingerprint density at radius 2 is 1.68 bits per heavy atom. The molecular weight excluding hydrogens is 391 g/mol. The topological polar surface area (TPSA) is 103 Å². The fourth-order valence-corrected chi connectivity index (χ4v) is 2.49. The molecule has 2 rings (SSSR count). The molecular formula is C16H15Cl3N2O4. The van der Waals surface area contributed by atoms with Gasteiger partial charge in [-0.1, -0.05) is 35.3 Å². The van der Waals surface area contributed by atoms with E-state index in [2.05, 4.69) is 4.98 Å². The third kappa shape index (κ3) is 6.51. The molecule has 9 heteroatoms. The summed E-state index contributed by atoms with van der Waals surface area (Å²) in [6, 6.07) is 8.34. The number of pyridine rings is 1. The number of halogens is 3. The number of hydrogen-bond acceptors (Lipinski definition) is 5. The highest BCUT2D eigenvalue weighted by Gasteiger charge is 2.16. The number of aromatic carboxylic acids is 1. The van der Waals surface area contributed by atoms with Crippen molar-refractivity contribution >= 4 is 47.5 Å². The molecule has 0 saturated heterocycles. The summed E-state index contributed by atoms with van der Waals surface area (Å²) in [4.78, 5) is 26.5. The van der Waals surface area contributed by atoms with Crippen LogP contribution in [0.3, 0.4) is 0 Å². The highest BCUT2D eigenvalue weighted by Crippen LogP contribution is 2.15. The highest BCUT2D eigenvalue weighted by atomic mass is 35.5. The first kappa shape index (κ1) is 21.2. The third-order valence-corrected chi connectivity index (χ3v) is 3.55. The van der Waals surface area contributed by atoms with E-state index in [1.54, 1.807) is 12.1 Å². The molecule has 0 spiro atoms. The predicted octanol–water partition coefficient (Wildman–Crippen LogP) is 3.12. The summed E-state index contributed by atoms with van der Waals surface area (Å²) in [5.41, 5.74) is 7.32. The molecule has 0 bridgehead atoms. The first-order valence-electron chi connectivity index (χ1n) is 6.91. The summed E-state index contributed by atoms with van der Waals surface area (Å²) in [6.45, 7) is -0.0214. The second-order valence-corrected chi connectivity index (χ2v) is 5.82. The fourth-order valence-electron chi connectivity index (χ4n) is 1.98. The molecule has 0 aliphatic rings. The zero-order chi connectivity index (χ0) is 17.7. The number of nitrogens with zero attached hydrogens (tertiary/aromatic N) is 1. The second kappa shape index (κ2) is 9.58. The fraction of sp³-hybridized carbons (Fsp3) is 0.188. The molecule has 134 valence electrons. The Balaban J connectivity index is 0.00000312. The molecule has 1 atom stereocenters. The van der Waals surface area contributed by atoms with E-state index in [9.17, 15) is 9.59 Å². The van der Waals surface area contributed by atoms with Crippen molar-refractivity contribution < 1.29 is 19.4 Å². The molecule has 2 aromatic rings. The number of rotatable bonds is 6. The van der Waals surface area contributed by atoms with Crippen LogP contribution in [0.2, 0.25) is 10.3 Å². The van der Waals surface area contributed by atoms with E-state index >= 15 is 0 Å². The lowest BCUT2D eigenvalue weighted by atomic mass is 10.0. The maximum atomic E-state index is 11.9. The number of carbonyl (C=O) groups is 2. The molecule has 1 aromatic heterocycles. The van der Waals surface area contributed by atoms with E-state index in [1.165, 1.54) is 24.3 Å². The number of carboxylic acid groups (broad SMARTS) is 1. The van der Waals surface area contributed by atoms with E-state index in [0.717, 1.165) is 5.56 Å². The van der Waals surface area contributed by atoms with Gasteiger partial charge in [-0.2, -0.15) is 0 Å². The van der Waals surface area contributed by atoms with Crippen LogP contribution in [0.1, 0.15) is 21.5 Å². The van der Waals surface area contributed by atoms with Gasteiger partial charge in [0.1, 0.15) is 23.0 Å². The van der Waals surface area contributed by atoms with Crippen LogP contribution in [0.15, 0.2) is 36.4 Å². The summed E-state index contributed by atoms with van der Waals surface area (Å²) < 4.78 is 5.13. The molecule has 0 unspecified atom stereocenters. The lowest BCUT2D eigenvalue weighted by Gasteiger charge is -2.12. The van der Waals surface area contributed by atoms with Crippen LogP contribution in [-0.2, 0) is 22.6 Å². The van der Waals surface area contributed by atoms with Gasteiger partial charge in [-0.3, -0.25) is 4.79 Å². The third-order valence-electron chi connectivity index (χ3n) is 3.16. The van der Waals surface area contributed by atoms with Gasteiger partial charge in [-0.15, -0.1) is 12.4 Å². The highest BCUT2D eigenvalue weighted by molar-refractivity contribution is 6.32. The van der Waals surface area contributed by atoms with Gasteiger partial charge in [0, 0.05) is 0 Å². The lowest BCUT2D eigenvalue weighted by molar-refractivity contribution is -0.146. The van der Waals surface area contributed by atoms with Crippen molar-refractivity contribution in [2.45, 2.75) is 19.1 Å². The number of carbonyl (C=O) groups excluding carboxylic acids is 1. The predicted molar refractivity (Wildman–Crippen MR) is 96.4 cm³/mol. The van der Waals surface area contributed by atoms with Crippen molar-refractivity contribution in [2.75, 3.05) is 0 Å². The molecule has 0 radical (unpaired) electrons. The Bertz CT molecular complexity index is 733. The Morgan fingerprint density at radius 3 is 2.20 bits per heavy atom. The number of nitrogens with two attached hydrogens (primary N) is 1. The zero-order valence-electron chi connectivity index (χ0n) is 12.8. The maximum Gasteiger partial charge on any atom is 0.335 e. The van der Waals surface area contributed by atoms with Gasteiger partial charge in [-0.05, 0) is 41.8 Å². The summed E-state index contributed by atoms with van der Waals surface area (Å²) >= 11 is 11.5. The molecule has 25 heavy (non-hydrogen) atoms. The summed E-state index contributed by atoms with van der Waals surface area (Å²) in [6.07, 6.45) is 0.233. The maximum absolute atomic E-state index is 11.9. The van der Waals surface area contributed by atoms with Crippen molar-refractivity contribution in [1.82, 2.24) is 4.98 Å². The van der Waals surface area contributed by atoms with Gasteiger partial charge in [0.2, 0.25) is 0 Å². The van der Waals surface area contributed by atoms with Crippen molar-refractivity contribution in [3.63, 3.8) is 0 Å². The van der Waals surface area contributed by atoms with Gasteiger partial charge >= 0.3 is 11.9 Å². The average Bonchev–Trinajstić information content (AvgIpc) is 2.52. The van der Waals surface area contributed by atoms with Gasteiger partial charge in [0.25, 0.3) is 0 Å². The number of aromatic nitrogens is 1. The van der Waals surface area contributed by atoms with E-state index in [4.69, 9.17) is 38.8 Å². The minimum atomic E-state index is -1.01. The minimum Gasteiger partial charge on any atom is -0.478 e. The molecule has 0 aliphatic heterocycles. The molecule has 0 fully saturated rings. The Hall–Kier alpha value is -1.86. The second-order valence-electron chi connectivity index (χ2n) is 5.04. The molecule has 0 amide bonds. The monoisotopic (exact) mass is 404 g/mol. The Morgan fingerprint density at radius 1 is 1.12 bits per heavy atom. The van der Waals surface area contributed by atoms with Crippen LogP contribution in [0.5, 0.6) is 0 Å². The number of esters is 1. The Kier molecular flexibility index (Phi) is 8.12. The van der Waals surface area contributed by atoms with Crippen LogP contribution in [-0.4, -0.2) is 28.1 Å². The van der Waals surface area contributed by atoms with E-state index in [-0.39, 0.29) is 41.3 Å². The lowest BCUT2D eigenvalue weighted by Crippen LogP contribution is -2.34. The number of benzene rings is 1. The quantitative estimate of drug-likeness (QED) is 0.565. The molecule has 0 aliphatic carbocycles.